The van der Waals surface area contributed by atoms with Crippen molar-refractivity contribution in [3.8, 4) is 11.5 Å². The number of hydrogen-bond acceptors (Lipinski definition) is 4. The van der Waals surface area contributed by atoms with E-state index < -0.39 is 6.29 Å². The number of carbonyl (C=O) groups is 1. The average Bonchev–Trinajstić information content (AvgIpc) is 2.61. The van der Waals surface area contributed by atoms with Gasteiger partial charge in [-0.2, -0.15) is 0 Å². The highest BCUT2D eigenvalue weighted by atomic mass is 79.9. The molecule has 3 rings (SSSR count). The maximum absolute atomic E-state index is 11.1. The van der Waals surface area contributed by atoms with Crippen LogP contribution in [0, 0.1) is 6.92 Å². The monoisotopic (exact) mass is 416 g/mol. The van der Waals surface area contributed by atoms with Gasteiger partial charge in [0.25, 0.3) is 0 Å². The van der Waals surface area contributed by atoms with Gasteiger partial charge in [-0.25, -0.2) is 0 Å². The van der Waals surface area contributed by atoms with E-state index in [1.54, 1.807) is 12.1 Å². The summed E-state index contributed by atoms with van der Waals surface area (Å²) >= 11 is 3.42. The van der Waals surface area contributed by atoms with Crippen LogP contribution in [0.4, 0.5) is 0 Å². The second kappa shape index (κ2) is 8.52. The Morgan fingerprint density at radius 3 is 2.65 bits per heavy atom. The van der Waals surface area contributed by atoms with Crippen LogP contribution >= 0.6 is 15.9 Å². The van der Waals surface area contributed by atoms with Gasteiger partial charge in [-0.15, -0.1) is 0 Å². The van der Waals surface area contributed by atoms with E-state index in [1.807, 2.05) is 31.2 Å². The van der Waals surface area contributed by atoms with Crippen molar-refractivity contribution in [2.45, 2.75) is 26.6 Å². The largest absolute Gasteiger partial charge is 0.460 e. The maximum Gasteiger partial charge on any atom is 0.308 e. The second-order valence-electron chi connectivity index (χ2n) is 6.12. The molecule has 0 saturated carbocycles. The number of hydrogen-bond donors (Lipinski definition) is 0. The van der Waals surface area contributed by atoms with Crippen molar-refractivity contribution in [3.63, 3.8) is 0 Å². The minimum atomic E-state index is -0.470. The first-order chi connectivity index (χ1) is 12.6. The Labute approximate surface area is 161 Å². The van der Waals surface area contributed by atoms with Crippen molar-refractivity contribution in [1.82, 2.24) is 0 Å². The maximum atomic E-state index is 11.1. The van der Waals surface area contributed by atoms with Crippen LogP contribution in [0.5, 0.6) is 11.5 Å². The summed E-state index contributed by atoms with van der Waals surface area (Å²) in [7, 11) is 0. The van der Waals surface area contributed by atoms with Gasteiger partial charge in [-0.3, -0.25) is 4.79 Å². The van der Waals surface area contributed by atoms with E-state index >= 15 is 0 Å². The second-order valence-corrected chi connectivity index (χ2v) is 6.92. The summed E-state index contributed by atoms with van der Waals surface area (Å²) in [6, 6.07) is 13.5. The average molecular weight is 417 g/mol. The van der Waals surface area contributed by atoms with Crippen LogP contribution in [0.25, 0.3) is 11.6 Å². The molecule has 0 bridgehead atoms. The molecule has 0 saturated heterocycles. The van der Waals surface area contributed by atoms with Gasteiger partial charge < -0.3 is 14.2 Å². The molecule has 5 heteroatoms. The van der Waals surface area contributed by atoms with Crippen LogP contribution in [0.15, 0.2) is 42.5 Å². The van der Waals surface area contributed by atoms with E-state index in [-0.39, 0.29) is 5.97 Å². The number of ether oxygens (including phenoxy) is 3. The first kappa shape index (κ1) is 18.7. The van der Waals surface area contributed by atoms with Gasteiger partial charge in [-0.05, 0) is 48.7 Å². The third-order valence-electron chi connectivity index (χ3n) is 3.96. The van der Waals surface area contributed by atoms with Crippen LogP contribution in [0.1, 0.15) is 30.0 Å². The van der Waals surface area contributed by atoms with E-state index in [9.17, 15) is 4.79 Å². The van der Waals surface area contributed by atoms with Crippen molar-refractivity contribution >= 4 is 33.5 Å². The van der Waals surface area contributed by atoms with Crippen LogP contribution in [-0.4, -0.2) is 24.2 Å². The Balaban J connectivity index is 1.91. The smallest absolute Gasteiger partial charge is 0.308 e. The van der Waals surface area contributed by atoms with Gasteiger partial charge in [0.15, 0.2) is 0 Å². The van der Waals surface area contributed by atoms with Gasteiger partial charge in [0, 0.05) is 23.4 Å². The third kappa shape index (κ3) is 4.54. The summed E-state index contributed by atoms with van der Waals surface area (Å²) in [5, 5.41) is 0.881. The molecule has 0 amide bonds. The van der Waals surface area contributed by atoms with Crippen LogP contribution < -0.4 is 9.47 Å². The predicted molar refractivity (Wildman–Crippen MR) is 106 cm³/mol. The Morgan fingerprint density at radius 1 is 1.19 bits per heavy atom. The predicted octanol–water partition coefficient (Wildman–Crippen LogP) is 4.98. The molecule has 1 atom stereocenters. The molecule has 0 aromatic heterocycles. The highest BCUT2D eigenvalue weighted by Gasteiger charge is 2.24. The normalized spacial score (nSPS) is 15.7. The fourth-order valence-electron chi connectivity index (χ4n) is 2.75. The van der Waals surface area contributed by atoms with Crippen LogP contribution in [0.3, 0.4) is 0 Å². The lowest BCUT2D eigenvalue weighted by atomic mass is 9.98. The van der Waals surface area contributed by atoms with E-state index in [1.165, 1.54) is 6.92 Å². The molecule has 2 aromatic rings. The van der Waals surface area contributed by atoms with Gasteiger partial charge in [0.05, 0.1) is 6.61 Å². The number of aryl methyl sites for hydroxylation is 1. The summed E-state index contributed by atoms with van der Waals surface area (Å²) in [4.78, 5) is 11.1. The summed E-state index contributed by atoms with van der Waals surface area (Å²) in [6.07, 6.45) is 2.53. The number of fused-ring (bicyclic) bond motifs is 1. The molecule has 2 aromatic carbocycles. The highest BCUT2D eigenvalue weighted by Crippen LogP contribution is 2.36. The third-order valence-corrected chi connectivity index (χ3v) is 4.53. The van der Waals surface area contributed by atoms with Gasteiger partial charge in [0.2, 0.25) is 6.29 Å². The SMILES string of the molecule is CC(=O)Oc1ccc(C2=Cc3ccc(C)cc3OC2OCCCBr)cc1. The quantitative estimate of drug-likeness (QED) is 0.288. The summed E-state index contributed by atoms with van der Waals surface area (Å²) < 4.78 is 17.2. The fourth-order valence-corrected chi connectivity index (χ4v) is 2.98. The highest BCUT2D eigenvalue weighted by molar-refractivity contribution is 9.09. The number of halogens is 1. The van der Waals surface area contributed by atoms with Crippen molar-refractivity contribution in [2.75, 3.05) is 11.9 Å². The number of esters is 1. The number of carbonyl (C=O) groups excluding carboxylic acids is 1. The van der Waals surface area contributed by atoms with Crippen LogP contribution in [0.2, 0.25) is 0 Å². The summed E-state index contributed by atoms with van der Waals surface area (Å²) in [6.45, 7) is 4.02. The van der Waals surface area contributed by atoms with E-state index in [0.29, 0.717) is 12.4 Å². The van der Waals surface area contributed by atoms with Crippen molar-refractivity contribution in [1.29, 1.82) is 0 Å². The zero-order valence-electron chi connectivity index (χ0n) is 14.8. The molecule has 1 unspecified atom stereocenters. The summed E-state index contributed by atoms with van der Waals surface area (Å²) in [5.74, 6) is 1.01. The molecule has 4 nitrogen and oxygen atoms in total. The number of alkyl halides is 1. The molecule has 1 aliphatic rings. The Hall–Kier alpha value is -2.11. The molecule has 0 fully saturated rings. The van der Waals surface area contributed by atoms with E-state index in [2.05, 4.69) is 28.1 Å². The molecule has 0 aliphatic carbocycles. The first-order valence-corrected chi connectivity index (χ1v) is 9.64. The number of rotatable bonds is 6. The van der Waals surface area contributed by atoms with Crippen molar-refractivity contribution in [3.05, 3.63) is 59.2 Å². The summed E-state index contributed by atoms with van der Waals surface area (Å²) in [5.41, 5.74) is 4.09. The lowest BCUT2D eigenvalue weighted by Gasteiger charge is -2.28. The Bertz CT molecular complexity index is 811. The zero-order valence-corrected chi connectivity index (χ0v) is 16.4. The Kier molecular flexibility index (Phi) is 6.12. The van der Waals surface area contributed by atoms with Crippen molar-refractivity contribution < 1.29 is 19.0 Å². The molecular formula is C21H21BrO4. The van der Waals surface area contributed by atoms with Crippen molar-refractivity contribution in [2.24, 2.45) is 0 Å². The van der Waals surface area contributed by atoms with E-state index in [0.717, 1.165) is 39.8 Å². The molecule has 26 heavy (non-hydrogen) atoms. The Morgan fingerprint density at radius 2 is 1.96 bits per heavy atom. The first-order valence-electron chi connectivity index (χ1n) is 8.52. The molecule has 1 heterocycles. The molecule has 0 spiro atoms. The number of benzene rings is 2. The molecule has 0 radical (unpaired) electrons. The van der Waals surface area contributed by atoms with Gasteiger partial charge in [-0.1, -0.05) is 40.2 Å². The standard InChI is InChI=1S/C21H21BrO4/c1-14-4-5-17-13-19(16-6-8-18(9-7-16)25-15(2)23)21(24-11-3-10-22)26-20(17)12-14/h4-9,12-13,21H,3,10-11H2,1-2H3. The lowest BCUT2D eigenvalue weighted by molar-refractivity contribution is -0.131. The van der Waals surface area contributed by atoms with Gasteiger partial charge in [0.1, 0.15) is 11.5 Å². The minimum Gasteiger partial charge on any atom is -0.460 e. The molecule has 136 valence electrons. The minimum absolute atomic E-state index is 0.335. The molecule has 1 aliphatic heterocycles. The van der Waals surface area contributed by atoms with Crippen LogP contribution in [-0.2, 0) is 9.53 Å². The molecular weight excluding hydrogens is 396 g/mol. The van der Waals surface area contributed by atoms with Gasteiger partial charge >= 0.3 is 5.97 Å². The fraction of sp³-hybridized carbons (Fsp3) is 0.286. The zero-order chi connectivity index (χ0) is 18.5. The van der Waals surface area contributed by atoms with E-state index in [4.69, 9.17) is 14.2 Å². The lowest BCUT2D eigenvalue weighted by Crippen LogP contribution is -2.26. The topological polar surface area (TPSA) is 44.8 Å². The molecule has 0 N–H and O–H groups in total.